The Morgan fingerprint density at radius 2 is 0.627 bits per heavy atom. The normalized spacial score (nSPS) is 12.7. The van der Waals surface area contributed by atoms with E-state index in [0.717, 1.165) is 51.4 Å². The van der Waals surface area contributed by atoms with E-state index in [1.807, 2.05) is 6.08 Å². The number of ether oxygens (including phenoxy) is 1. The lowest BCUT2D eigenvalue weighted by Gasteiger charge is -2.20. The van der Waals surface area contributed by atoms with E-state index in [1.54, 1.807) is 6.08 Å². The van der Waals surface area contributed by atoms with E-state index in [4.69, 9.17) is 4.74 Å². The molecular weight excluding hydrogens is 923 g/mol. The maximum atomic E-state index is 12.5. The van der Waals surface area contributed by atoms with E-state index in [1.165, 1.54) is 289 Å². The summed E-state index contributed by atoms with van der Waals surface area (Å²) >= 11 is 0. The molecule has 1 amide bonds. The minimum absolute atomic E-state index is 0.00215. The van der Waals surface area contributed by atoms with Gasteiger partial charge in [0.05, 0.1) is 25.4 Å². The Labute approximate surface area is 468 Å². The minimum atomic E-state index is -0.851. The van der Waals surface area contributed by atoms with Gasteiger partial charge in [0.1, 0.15) is 0 Å². The molecule has 0 spiro atoms. The van der Waals surface area contributed by atoms with Crippen LogP contribution in [-0.4, -0.2) is 47.4 Å². The number of hydrogen-bond acceptors (Lipinski definition) is 5. The van der Waals surface area contributed by atoms with Gasteiger partial charge in [-0.1, -0.05) is 307 Å². The fraction of sp³-hybridized carbons (Fsp3) is 0.884. The van der Waals surface area contributed by atoms with Gasteiger partial charge in [0.2, 0.25) is 5.91 Å². The minimum Gasteiger partial charge on any atom is -0.466 e. The Kier molecular flexibility index (Phi) is 63.0. The van der Waals surface area contributed by atoms with Gasteiger partial charge in [-0.2, -0.15) is 0 Å². The fourth-order valence-electron chi connectivity index (χ4n) is 10.4. The third-order valence-corrected chi connectivity index (χ3v) is 15.6. The predicted molar refractivity (Wildman–Crippen MR) is 329 cm³/mol. The summed E-state index contributed by atoms with van der Waals surface area (Å²) in [5, 5.41) is 23.3. The van der Waals surface area contributed by atoms with Crippen LogP contribution in [-0.2, 0) is 14.3 Å². The van der Waals surface area contributed by atoms with E-state index in [9.17, 15) is 19.8 Å². The van der Waals surface area contributed by atoms with Crippen molar-refractivity contribution in [1.82, 2.24) is 5.32 Å². The van der Waals surface area contributed by atoms with Crippen molar-refractivity contribution in [2.75, 3.05) is 13.2 Å². The number of carbonyl (C=O) groups is 2. The van der Waals surface area contributed by atoms with Crippen molar-refractivity contribution in [2.45, 2.75) is 379 Å². The Balaban J connectivity index is 3.46. The molecule has 0 aromatic heterocycles. The standard InChI is InChI=1S/C69H131NO5/c1-3-5-7-9-11-13-15-17-18-19-20-21-22-23-24-26-29-32-35-38-41-45-49-53-57-61-67(72)66(65-71)70-68(73)62-58-54-50-46-42-39-36-33-30-27-25-28-31-34-37-40-44-48-52-56-60-64-75-69(74)63-59-55-51-47-43-16-14-12-10-8-6-4-2/h12,14,27,30,57,61,66-67,71-72H,3-11,13,15-26,28-29,31-56,58-60,62-65H2,1-2H3,(H,70,73)/b14-12-,30-27-,61-57+. The number of unbranched alkanes of at least 4 members (excludes halogenated alkanes) is 48. The van der Waals surface area contributed by atoms with Crippen LogP contribution in [0.3, 0.4) is 0 Å². The van der Waals surface area contributed by atoms with E-state index >= 15 is 0 Å². The molecule has 0 saturated carbocycles. The zero-order chi connectivity index (χ0) is 54.3. The van der Waals surface area contributed by atoms with Crippen LogP contribution in [0.15, 0.2) is 36.5 Å². The third-order valence-electron chi connectivity index (χ3n) is 15.6. The number of amides is 1. The first-order chi connectivity index (χ1) is 37.0. The van der Waals surface area contributed by atoms with Crippen molar-refractivity contribution in [2.24, 2.45) is 0 Å². The van der Waals surface area contributed by atoms with Crippen LogP contribution in [0.25, 0.3) is 0 Å². The summed E-state index contributed by atoms with van der Waals surface area (Å²) in [6, 6.07) is -0.635. The lowest BCUT2D eigenvalue weighted by Crippen LogP contribution is -2.45. The molecule has 2 unspecified atom stereocenters. The third kappa shape index (κ3) is 61.2. The van der Waals surface area contributed by atoms with E-state index in [2.05, 4.69) is 43.5 Å². The number of aliphatic hydroxyl groups excluding tert-OH is 2. The topological polar surface area (TPSA) is 95.9 Å². The van der Waals surface area contributed by atoms with Crippen molar-refractivity contribution in [3.8, 4) is 0 Å². The van der Waals surface area contributed by atoms with Crippen LogP contribution >= 0.6 is 0 Å². The Morgan fingerprint density at radius 3 is 0.973 bits per heavy atom. The smallest absolute Gasteiger partial charge is 0.305 e. The SMILES string of the molecule is CCCCC/C=C\CCCCCCCC(=O)OCCCCCCCCCCCC/C=C\CCCCCCCCCC(=O)NC(CO)C(O)/C=C/CCCCCCCCCCCCCCCCCCCCCCCCC. The van der Waals surface area contributed by atoms with E-state index in [-0.39, 0.29) is 18.5 Å². The molecule has 0 saturated heterocycles. The van der Waals surface area contributed by atoms with Crippen molar-refractivity contribution < 1.29 is 24.5 Å². The van der Waals surface area contributed by atoms with Gasteiger partial charge in [0, 0.05) is 12.8 Å². The number of hydrogen-bond donors (Lipinski definition) is 3. The summed E-state index contributed by atoms with van der Waals surface area (Å²) in [5.41, 5.74) is 0. The monoisotopic (exact) mass is 1050 g/mol. The first kappa shape index (κ1) is 73.1. The molecule has 2 atom stereocenters. The van der Waals surface area contributed by atoms with Gasteiger partial charge in [0.15, 0.2) is 0 Å². The van der Waals surface area contributed by atoms with Crippen LogP contribution < -0.4 is 5.32 Å². The molecule has 442 valence electrons. The fourth-order valence-corrected chi connectivity index (χ4v) is 10.4. The molecule has 0 bridgehead atoms. The Hall–Kier alpha value is -1.92. The highest BCUT2D eigenvalue weighted by molar-refractivity contribution is 5.76. The summed E-state index contributed by atoms with van der Waals surface area (Å²) in [6.45, 7) is 4.90. The molecule has 0 aliphatic rings. The Morgan fingerprint density at radius 1 is 0.360 bits per heavy atom. The predicted octanol–water partition coefficient (Wildman–Crippen LogP) is 21.5. The second-order valence-corrected chi connectivity index (χ2v) is 23.1. The lowest BCUT2D eigenvalue weighted by molar-refractivity contribution is -0.143. The van der Waals surface area contributed by atoms with Gasteiger partial charge in [-0.25, -0.2) is 0 Å². The van der Waals surface area contributed by atoms with Crippen LogP contribution in [0.2, 0.25) is 0 Å². The zero-order valence-electron chi connectivity index (χ0n) is 50.5. The maximum absolute atomic E-state index is 12.5. The zero-order valence-corrected chi connectivity index (χ0v) is 50.5. The Bertz CT molecular complexity index is 1210. The summed E-state index contributed by atoms with van der Waals surface area (Å²) in [6.07, 6.45) is 82.1. The number of esters is 1. The molecule has 3 N–H and O–H groups in total. The van der Waals surface area contributed by atoms with Gasteiger partial charge >= 0.3 is 5.97 Å². The van der Waals surface area contributed by atoms with Gasteiger partial charge in [0.25, 0.3) is 0 Å². The van der Waals surface area contributed by atoms with Crippen molar-refractivity contribution >= 4 is 11.9 Å². The quantitative estimate of drug-likeness (QED) is 0.0320. The first-order valence-corrected chi connectivity index (χ1v) is 33.8. The van der Waals surface area contributed by atoms with Gasteiger partial charge in [-0.3, -0.25) is 9.59 Å². The molecule has 0 aromatic carbocycles. The van der Waals surface area contributed by atoms with Crippen LogP contribution in [0.4, 0.5) is 0 Å². The molecule has 75 heavy (non-hydrogen) atoms. The van der Waals surface area contributed by atoms with Crippen molar-refractivity contribution in [3.63, 3.8) is 0 Å². The molecule has 0 radical (unpaired) electrons. The highest BCUT2D eigenvalue weighted by atomic mass is 16.5. The average Bonchev–Trinajstić information content (AvgIpc) is 3.41. The van der Waals surface area contributed by atoms with Crippen LogP contribution in [0.5, 0.6) is 0 Å². The second kappa shape index (κ2) is 64.6. The number of rotatable bonds is 63. The van der Waals surface area contributed by atoms with E-state index < -0.39 is 12.1 Å². The van der Waals surface area contributed by atoms with Gasteiger partial charge in [-0.05, 0) is 83.5 Å². The van der Waals surface area contributed by atoms with Crippen LogP contribution in [0, 0.1) is 0 Å². The van der Waals surface area contributed by atoms with E-state index in [0.29, 0.717) is 19.4 Å². The molecule has 0 heterocycles. The largest absolute Gasteiger partial charge is 0.466 e. The molecule has 0 rings (SSSR count). The summed E-state index contributed by atoms with van der Waals surface area (Å²) in [4.78, 5) is 24.5. The molecule has 0 aromatic rings. The maximum Gasteiger partial charge on any atom is 0.305 e. The van der Waals surface area contributed by atoms with Gasteiger partial charge in [-0.15, -0.1) is 0 Å². The number of nitrogens with one attached hydrogen (secondary N) is 1. The molecule has 0 aliphatic heterocycles. The molecule has 0 fully saturated rings. The summed E-state index contributed by atoms with van der Waals surface area (Å²) < 4.78 is 5.46. The summed E-state index contributed by atoms with van der Waals surface area (Å²) in [5.74, 6) is -0.0745. The molecule has 6 nitrogen and oxygen atoms in total. The van der Waals surface area contributed by atoms with Crippen molar-refractivity contribution in [1.29, 1.82) is 0 Å². The molecule has 0 aliphatic carbocycles. The van der Waals surface area contributed by atoms with Crippen molar-refractivity contribution in [3.05, 3.63) is 36.5 Å². The highest BCUT2D eigenvalue weighted by Crippen LogP contribution is 2.18. The molecule has 6 heteroatoms. The average molecular weight is 1050 g/mol. The molecular formula is C69H131NO5. The number of aliphatic hydroxyl groups is 2. The highest BCUT2D eigenvalue weighted by Gasteiger charge is 2.18. The number of carbonyl (C=O) groups excluding carboxylic acids is 2. The lowest BCUT2D eigenvalue weighted by atomic mass is 10.0. The first-order valence-electron chi connectivity index (χ1n) is 33.8. The second-order valence-electron chi connectivity index (χ2n) is 23.1. The van der Waals surface area contributed by atoms with Gasteiger partial charge < -0.3 is 20.3 Å². The van der Waals surface area contributed by atoms with Crippen LogP contribution in [0.1, 0.15) is 367 Å². The number of allylic oxidation sites excluding steroid dienone is 5. The summed E-state index contributed by atoms with van der Waals surface area (Å²) in [7, 11) is 0.